The van der Waals surface area contributed by atoms with Gasteiger partial charge in [0.25, 0.3) is 0 Å². The van der Waals surface area contributed by atoms with Crippen molar-refractivity contribution in [1.82, 2.24) is 0 Å². The standard InChI is InChI=1S/C9H14N2O4S2/c1-16(12,13)7-17(14,15)11-9-4-2-8(6-10)3-5-9/h2-5,11H,6-7,10H2,1H3. The molecule has 6 nitrogen and oxygen atoms in total. The Bertz CT molecular complexity index is 576. The van der Waals surface area contributed by atoms with E-state index in [-0.39, 0.29) is 0 Å². The van der Waals surface area contributed by atoms with Crippen molar-refractivity contribution in [3.8, 4) is 0 Å². The molecule has 0 fully saturated rings. The molecule has 8 heteroatoms. The number of nitrogens with two attached hydrogens (primary N) is 1. The van der Waals surface area contributed by atoms with Crippen LogP contribution < -0.4 is 10.5 Å². The second kappa shape index (κ2) is 5.03. The zero-order chi connectivity index (χ0) is 13.1. The Kier molecular flexibility index (Phi) is 4.12. The lowest BCUT2D eigenvalue weighted by Crippen LogP contribution is -2.22. The molecular formula is C9H14N2O4S2. The highest BCUT2D eigenvalue weighted by molar-refractivity contribution is 8.08. The van der Waals surface area contributed by atoms with Crippen LogP contribution in [0.3, 0.4) is 0 Å². The monoisotopic (exact) mass is 278 g/mol. The van der Waals surface area contributed by atoms with Crippen LogP contribution in [-0.4, -0.2) is 28.2 Å². The van der Waals surface area contributed by atoms with E-state index in [0.29, 0.717) is 12.2 Å². The van der Waals surface area contributed by atoms with Crippen molar-refractivity contribution in [1.29, 1.82) is 0 Å². The number of hydrogen-bond acceptors (Lipinski definition) is 5. The molecule has 1 aromatic carbocycles. The van der Waals surface area contributed by atoms with E-state index in [1.807, 2.05) is 0 Å². The highest BCUT2D eigenvalue weighted by atomic mass is 32.3. The zero-order valence-electron chi connectivity index (χ0n) is 9.25. The van der Waals surface area contributed by atoms with E-state index in [0.717, 1.165) is 11.8 Å². The summed E-state index contributed by atoms with van der Waals surface area (Å²) in [7, 11) is -7.47. The summed E-state index contributed by atoms with van der Waals surface area (Å²) >= 11 is 0. The van der Waals surface area contributed by atoms with Crippen molar-refractivity contribution in [2.45, 2.75) is 6.54 Å². The van der Waals surface area contributed by atoms with Gasteiger partial charge in [0, 0.05) is 18.5 Å². The zero-order valence-corrected chi connectivity index (χ0v) is 10.9. The Morgan fingerprint density at radius 1 is 1.12 bits per heavy atom. The van der Waals surface area contributed by atoms with Crippen molar-refractivity contribution in [3.05, 3.63) is 29.8 Å². The van der Waals surface area contributed by atoms with E-state index in [4.69, 9.17) is 5.73 Å². The van der Waals surface area contributed by atoms with Gasteiger partial charge in [0.05, 0.1) is 0 Å². The first-order chi connectivity index (χ1) is 7.72. The summed E-state index contributed by atoms with van der Waals surface area (Å²) < 4.78 is 46.9. The van der Waals surface area contributed by atoms with Gasteiger partial charge in [-0.15, -0.1) is 0 Å². The van der Waals surface area contributed by atoms with Crippen LogP contribution in [0.15, 0.2) is 24.3 Å². The van der Waals surface area contributed by atoms with Crippen molar-refractivity contribution in [2.24, 2.45) is 5.73 Å². The lowest BCUT2D eigenvalue weighted by Gasteiger charge is -2.07. The highest BCUT2D eigenvalue weighted by Crippen LogP contribution is 2.11. The maximum absolute atomic E-state index is 11.5. The second-order valence-electron chi connectivity index (χ2n) is 3.66. The van der Waals surface area contributed by atoms with Crippen LogP contribution >= 0.6 is 0 Å². The molecule has 0 unspecified atom stereocenters. The molecule has 0 saturated heterocycles. The molecule has 0 aromatic heterocycles. The number of benzene rings is 1. The smallest absolute Gasteiger partial charge is 0.247 e. The average molecular weight is 278 g/mol. The minimum absolute atomic E-state index is 0.311. The van der Waals surface area contributed by atoms with Crippen LogP contribution in [0.2, 0.25) is 0 Å². The van der Waals surface area contributed by atoms with Crippen molar-refractivity contribution in [2.75, 3.05) is 16.1 Å². The summed E-state index contributed by atoms with van der Waals surface area (Å²) in [6.45, 7) is 0.358. The van der Waals surface area contributed by atoms with E-state index in [1.165, 1.54) is 12.1 Å². The van der Waals surface area contributed by atoms with Crippen molar-refractivity contribution < 1.29 is 16.8 Å². The van der Waals surface area contributed by atoms with Gasteiger partial charge in [-0.1, -0.05) is 12.1 Å². The molecule has 1 rings (SSSR count). The molecule has 1 aromatic rings. The number of nitrogens with one attached hydrogen (secondary N) is 1. The first-order valence-corrected chi connectivity index (χ1v) is 8.40. The van der Waals surface area contributed by atoms with Crippen LogP contribution in [-0.2, 0) is 26.4 Å². The van der Waals surface area contributed by atoms with Gasteiger partial charge in [0.1, 0.15) is 0 Å². The number of rotatable bonds is 5. The Balaban J connectivity index is 2.83. The summed E-state index contributed by atoms with van der Waals surface area (Å²) in [5, 5.41) is -0.932. The fraction of sp³-hybridized carbons (Fsp3) is 0.333. The summed E-state index contributed by atoms with van der Waals surface area (Å²) in [5.74, 6) is 0. The van der Waals surface area contributed by atoms with Gasteiger partial charge >= 0.3 is 0 Å². The van der Waals surface area contributed by atoms with Crippen LogP contribution in [0.25, 0.3) is 0 Å². The fourth-order valence-electron chi connectivity index (χ4n) is 1.20. The van der Waals surface area contributed by atoms with Gasteiger partial charge in [-0.2, -0.15) is 0 Å². The quantitative estimate of drug-likeness (QED) is 0.781. The lowest BCUT2D eigenvalue weighted by atomic mass is 10.2. The molecule has 0 aliphatic heterocycles. The van der Waals surface area contributed by atoms with E-state index in [2.05, 4.69) is 4.72 Å². The largest absolute Gasteiger partial charge is 0.326 e. The van der Waals surface area contributed by atoms with Gasteiger partial charge in [-0.05, 0) is 17.7 Å². The summed E-state index contributed by atoms with van der Waals surface area (Å²) in [5.41, 5.74) is 6.56. The predicted molar refractivity (Wildman–Crippen MR) is 66.6 cm³/mol. The Hall–Kier alpha value is -1.12. The molecule has 0 aliphatic carbocycles. The Morgan fingerprint density at radius 3 is 2.06 bits per heavy atom. The molecule has 0 aliphatic rings. The third kappa shape index (κ3) is 5.16. The molecule has 3 N–H and O–H groups in total. The number of hydrogen-bond donors (Lipinski definition) is 2. The van der Waals surface area contributed by atoms with Crippen LogP contribution in [0.4, 0.5) is 5.69 Å². The number of anilines is 1. The molecule has 17 heavy (non-hydrogen) atoms. The first kappa shape index (κ1) is 13.9. The molecule has 0 atom stereocenters. The lowest BCUT2D eigenvalue weighted by molar-refractivity contribution is 0.595. The van der Waals surface area contributed by atoms with Crippen LogP contribution in [0, 0.1) is 0 Å². The fourth-order valence-corrected chi connectivity index (χ4v) is 4.19. The Morgan fingerprint density at radius 2 is 1.65 bits per heavy atom. The highest BCUT2D eigenvalue weighted by Gasteiger charge is 2.17. The van der Waals surface area contributed by atoms with Crippen molar-refractivity contribution in [3.63, 3.8) is 0 Å². The molecule has 0 radical (unpaired) electrons. The van der Waals surface area contributed by atoms with E-state index in [1.54, 1.807) is 12.1 Å². The van der Waals surface area contributed by atoms with Crippen LogP contribution in [0.5, 0.6) is 0 Å². The topological polar surface area (TPSA) is 106 Å². The van der Waals surface area contributed by atoms with Crippen LogP contribution in [0.1, 0.15) is 5.56 Å². The minimum Gasteiger partial charge on any atom is -0.326 e. The Labute approximate surface area is 101 Å². The maximum atomic E-state index is 11.5. The molecule has 0 spiro atoms. The second-order valence-corrected chi connectivity index (χ2v) is 7.89. The summed E-state index contributed by atoms with van der Waals surface area (Å²) in [4.78, 5) is 0. The van der Waals surface area contributed by atoms with E-state index < -0.39 is 24.9 Å². The van der Waals surface area contributed by atoms with Gasteiger partial charge in [-0.25, -0.2) is 16.8 Å². The molecular weight excluding hydrogens is 264 g/mol. The first-order valence-electron chi connectivity index (χ1n) is 4.69. The van der Waals surface area contributed by atoms with Gasteiger partial charge in [0.15, 0.2) is 14.9 Å². The minimum atomic E-state index is -3.88. The van der Waals surface area contributed by atoms with E-state index >= 15 is 0 Å². The predicted octanol–water partition coefficient (Wildman–Crippen LogP) is -0.111. The number of sulfone groups is 1. The molecule has 0 amide bonds. The summed E-state index contributed by atoms with van der Waals surface area (Å²) in [6.07, 6.45) is 0.865. The van der Waals surface area contributed by atoms with Gasteiger partial charge < -0.3 is 5.73 Å². The number of sulfonamides is 1. The third-order valence-corrected chi connectivity index (χ3v) is 5.33. The maximum Gasteiger partial charge on any atom is 0.247 e. The summed E-state index contributed by atoms with van der Waals surface area (Å²) in [6, 6.07) is 6.39. The van der Waals surface area contributed by atoms with Crippen molar-refractivity contribution >= 4 is 25.5 Å². The third-order valence-electron chi connectivity index (χ3n) is 1.83. The molecule has 0 bridgehead atoms. The van der Waals surface area contributed by atoms with Gasteiger partial charge in [0.2, 0.25) is 10.0 Å². The van der Waals surface area contributed by atoms with Gasteiger partial charge in [-0.3, -0.25) is 4.72 Å². The average Bonchev–Trinajstić information content (AvgIpc) is 2.14. The molecule has 0 heterocycles. The molecule has 0 saturated carbocycles. The van der Waals surface area contributed by atoms with E-state index in [9.17, 15) is 16.8 Å². The SMILES string of the molecule is CS(=O)(=O)CS(=O)(=O)Nc1ccc(CN)cc1. The normalized spacial score (nSPS) is 12.4. The molecule has 96 valence electrons.